The number of carbonyl (C=O) groups is 1. The standard InChI is InChI=1S/C26H35N3O3S/c1-3-16-29(26(30)20-21-9-11-24(12-10-21)33(2,31)32)23-13-17-28(18-14-23)19-15-25(27)22-7-5-4-6-8-22/h3-12,23,25H,1,13-20,27H2,2H3. The van der Waals surface area contributed by atoms with Crippen LogP contribution in [-0.2, 0) is 21.1 Å². The minimum Gasteiger partial charge on any atom is -0.336 e. The van der Waals surface area contributed by atoms with Crippen molar-refractivity contribution in [3.05, 3.63) is 78.4 Å². The third-order valence-corrected chi connectivity index (χ3v) is 7.46. The molecule has 3 rings (SSSR count). The molecule has 1 aliphatic rings. The van der Waals surface area contributed by atoms with Crippen molar-refractivity contribution >= 4 is 15.7 Å². The fraction of sp³-hybridized carbons (Fsp3) is 0.423. The van der Waals surface area contributed by atoms with Crippen molar-refractivity contribution < 1.29 is 13.2 Å². The van der Waals surface area contributed by atoms with E-state index in [9.17, 15) is 13.2 Å². The minimum atomic E-state index is -3.24. The highest BCUT2D eigenvalue weighted by Crippen LogP contribution is 2.21. The molecular weight excluding hydrogens is 434 g/mol. The second-order valence-electron chi connectivity index (χ2n) is 8.81. The number of likely N-dealkylation sites (tertiary alicyclic amines) is 1. The largest absolute Gasteiger partial charge is 0.336 e. The second kappa shape index (κ2) is 11.6. The zero-order valence-electron chi connectivity index (χ0n) is 19.4. The van der Waals surface area contributed by atoms with E-state index in [2.05, 4.69) is 23.6 Å². The van der Waals surface area contributed by atoms with E-state index in [4.69, 9.17) is 5.73 Å². The Kier molecular flexibility index (Phi) is 8.83. The number of rotatable bonds is 10. The number of amides is 1. The van der Waals surface area contributed by atoms with Gasteiger partial charge in [0.25, 0.3) is 0 Å². The molecule has 1 saturated heterocycles. The maximum Gasteiger partial charge on any atom is 0.227 e. The monoisotopic (exact) mass is 469 g/mol. The van der Waals surface area contributed by atoms with E-state index in [1.807, 2.05) is 23.1 Å². The highest BCUT2D eigenvalue weighted by Gasteiger charge is 2.27. The number of hydrogen-bond donors (Lipinski definition) is 1. The Hall–Kier alpha value is -2.48. The average Bonchev–Trinajstić information content (AvgIpc) is 2.81. The average molecular weight is 470 g/mol. The molecule has 1 heterocycles. The van der Waals surface area contributed by atoms with E-state index in [-0.39, 0.29) is 29.3 Å². The summed E-state index contributed by atoms with van der Waals surface area (Å²) in [6.45, 7) is 7.18. The van der Waals surface area contributed by atoms with Crippen LogP contribution in [0.2, 0.25) is 0 Å². The molecule has 178 valence electrons. The fourth-order valence-corrected chi connectivity index (χ4v) is 5.00. The highest BCUT2D eigenvalue weighted by molar-refractivity contribution is 7.90. The first-order valence-electron chi connectivity index (χ1n) is 11.5. The van der Waals surface area contributed by atoms with E-state index in [1.54, 1.807) is 30.3 Å². The molecule has 1 amide bonds. The van der Waals surface area contributed by atoms with Crippen LogP contribution in [-0.4, -0.2) is 62.6 Å². The minimum absolute atomic E-state index is 0.0387. The van der Waals surface area contributed by atoms with Gasteiger partial charge < -0.3 is 15.5 Å². The summed E-state index contributed by atoms with van der Waals surface area (Å²) in [5.74, 6) is 0.0477. The quantitative estimate of drug-likeness (QED) is 0.540. The van der Waals surface area contributed by atoms with E-state index in [1.165, 1.54) is 11.8 Å². The molecule has 1 unspecified atom stereocenters. The van der Waals surface area contributed by atoms with Gasteiger partial charge in [-0.05, 0) is 49.1 Å². The van der Waals surface area contributed by atoms with E-state index in [0.29, 0.717) is 6.54 Å². The number of hydrogen-bond acceptors (Lipinski definition) is 5. The molecule has 0 saturated carbocycles. The Morgan fingerprint density at radius 2 is 1.79 bits per heavy atom. The van der Waals surface area contributed by atoms with Crippen LogP contribution in [0.25, 0.3) is 0 Å². The number of nitrogens with two attached hydrogens (primary N) is 1. The normalized spacial score (nSPS) is 16.3. The van der Waals surface area contributed by atoms with Gasteiger partial charge in [-0.15, -0.1) is 6.58 Å². The van der Waals surface area contributed by atoms with Gasteiger partial charge in [-0.2, -0.15) is 0 Å². The predicted octanol–water partition coefficient (Wildman–Crippen LogP) is 3.20. The first kappa shape index (κ1) is 25.1. The topological polar surface area (TPSA) is 83.7 Å². The molecule has 0 radical (unpaired) electrons. The molecule has 2 N–H and O–H groups in total. The van der Waals surface area contributed by atoms with Crippen molar-refractivity contribution in [2.24, 2.45) is 5.73 Å². The van der Waals surface area contributed by atoms with Gasteiger partial charge >= 0.3 is 0 Å². The number of nitrogens with zero attached hydrogens (tertiary/aromatic N) is 2. The molecule has 1 aliphatic heterocycles. The van der Waals surface area contributed by atoms with Crippen molar-refractivity contribution in [3.63, 3.8) is 0 Å². The Bertz CT molecular complexity index is 1010. The SMILES string of the molecule is C=CCN(C(=O)Cc1ccc(S(C)(=O)=O)cc1)C1CCN(CCC(N)c2ccccc2)CC1. The molecular formula is C26H35N3O3S. The van der Waals surface area contributed by atoms with Crippen LogP contribution in [0.3, 0.4) is 0 Å². The molecule has 0 aliphatic carbocycles. The second-order valence-corrected chi connectivity index (χ2v) is 10.8. The van der Waals surface area contributed by atoms with Crippen LogP contribution in [0.4, 0.5) is 0 Å². The lowest BCUT2D eigenvalue weighted by atomic mass is 10.00. The molecule has 1 fully saturated rings. The van der Waals surface area contributed by atoms with Crippen LogP contribution in [0.5, 0.6) is 0 Å². The Morgan fingerprint density at radius 3 is 2.36 bits per heavy atom. The molecule has 0 aromatic heterocycles. The van der Waals surface area contributed by atoms with Crippen molar-refractivity contribution in [1.82, 2.24) is 9.80 Å². The predicted molar refractivity (Wildman–Crippen MR) is 133 cm³/mol. The number of benzene rings is 2. The molecule has 0 spiro atoms. The van der Waals surface area contributed by atoms with E-state index in [0.717, 1.165) is 44.5 Å². The molecule has 7 heteroatoms. The molecule has 6 nitrogen and oxygen atoms in total. The van der Waals surface area contributed by atoms with Crippen LogP contribution in [0.15, 0.2) is 72.1 Å². The van der Waals surface area contributed by atoms with E-state index < -0.39 is 9.84 Å². The first-order chi connectivity index (χ1) is 15.8. The Labute approximate surface area is 198 Å². The summed E-state index contributed by atoms with van der Waals surface area (Å²) in [6.07, 6.45) is 5.97. The van der Waals surface area contributed by atoms with Crippen molar-refractivity contribution in [2.75, 3.05) is 32.4 Å². The van der Waals surface area contributed by atoms with Crippen LogP contribution in [0, 0.1) is 0 Å². The van der Waals surface area contributed by atoms with E-state index >= 15 is 0 Å². The van der Waals surface area contributed by atoms with Gasteiger partial charge in [0.2, 0.25) is 5.91 Å². The summed E-state index contributed by atoms with van der Waals surface area (Å²) in [7, 11) is -3.24. The summed E-state index contributed by atoms with van der Waals surface area (Å²) >= 11 is 0. The summed E-state index contributed by atoms with van der Waals surface area (Å²) in [6, 6.07) is 17.0. The maximum atomic E-state index is 13.1. The van der Waals surface area contributed by atoms with Crippen molar-refractivity contribution in [3.8, 4) is 0 Å². The van der Waals surface area contributed by atoms with Crippen molar-refractivity contribution in [1.29, 1.82) is 0 Å². The number of sulfone groups is 1. The smallest absolute Gasteiger partial charge is 0.227 e. The Balaban J connectivity index is 1.51. The fourth-order valence-electron chi connectivity index (χ4n) is 4.37. The third-order valence-electron chi connectivity index (χ3n) is 6.33. The zero-order chi connectivity index (χ0) is 23.8. The van der Waals surface area contributed by atoms with Crippen molar-refractivity contribution in [2.45, 2.75) is 42.7 Å². The summed E-state index contributed by atoms with van der Waals surface area (Å²) in [5, 5.41) is 0. The summed E-state index contributed by atoms with van der Waals surface area (Å²) < 4.78 is 23.3. The Morgan fingerprint density at radius 1 is 1.15 bits per heavy atom. The number of piperidine rings is 1. The van der Waals surface area contributed by atoms with Crippen LogP contribution < -0.4 is 5.73 Å². The lowest BCUT2D eigenvalue weighted by Gasteiger charge is -2.38. The van der Waals surface area contributed by atoms with Gasteiger partial charge in [-0.3, -0.25) is 4.79 Å². The summed E-state index contributed by atoms with van der Waals surface area (Å²) in [4.78, 5) is 17.7. The summed E-state index contributed by atoms with van der Waals surface area (Å²) in [5.41, 5.74) is 8.33. The lowest BCUT2D eigenvalue weighted by molar-refractivity contribution is -0.133. The lowest BCUT2D eigenvalue weighted by Crippen LogP contribution is -2.48. The molecule has 2 aromatic carbocycles. The zero-order valence-corrected chi connectivity index (χ0v) is 20.2. The molecule has 1 atom stereocenters. The van der Waals surface area contributed by atoms with Gasteiger partial charge in [0.15, 0.2) is 9.84 Å². The highest BCUT2D eigenvalue weighted by atomic mass is 32.2. The van der Waals surface area contributed by atoms with Gasteiger partial charge in [0, 0.05) is 38.0 Å². The molecule has 0 bridgehead atoms. The number of carbonyl (C=O) groups excluding carboxylic acids is 1. The maximum absolute atomic E-state index is 13.1. The van der Waals surface area contributed by atoms with Gasteiger partial charge in [0.1, 0.15) is 0 Å². The first-order valence-corrected chi connectivity index (χ1v) is 13.4. The molecule has 2 aromatic rings. The van der Waals surface area contributed by atoms with Gasteiger partial charge in [-0.1, -0.05) is 48.5 Å². The van der Waals surface area contributed by atoms with Gasteiger partial charge in [-0.25, -0.2) is 8.42 Å². The molecule has 33 heavy (non-hydrogen) atoms. The third kappa shape index (κ3) is 7.25. The van der Waals surface area contributed by atoms with Crippen LogP contribution in [0.1, 0.15) is 36.4 Å². The van der Waals surface area contributed by atoms with Crippen LogP contribution >= 0.6 is 0 Å². The van der Waals surface area contributed by atoms with Gasteiger partial charge in [0.05, 0.1) is 11.3 Å².